The second-order valence-corrected chi connectivity index (χ2v) is 6.46. The molecule has 140 valence electrons. The van der Waals surface area contributed by atoms with Crippen LogP contribution in [0.5, 0.6) is 5.75 Å². The molecule has 5 nitrogen and oxygen atoms in total. The van der Waals surface area contributed by atoms with E-state index in [1.54, 1.807) is 44.4 Å². The summed E-state index contributed by atoms with van der Waals surface area (Å²) in [6.07, 6.45) is 0.756. The Morgan fingerprint density at radius 1 is 1.15 bits per heavy atom. The Hall–Kier alpha value is -3.15. The summed E-state index contributed by atoms with van der Waals surface area (Å²) in [6, 6.07) is 12.8. The van der Waals surface area contributed by atoms with Crippen LogP contribution < -0.4 is 10.4 Å². The van der Waals surface area contributed by atoms with Crippen molar-refractivity contribution < 1.29 is 18.3 Å². The van der Waals surface area contributed by atoms with Crippen LogP contribution in [0, 0.1) is 5.82 Å². The number of amides is 1. The van der Waals surface area contributed by atoms with Crippen LogP contribution in [0.15, 0.2) is 57.7 Å². The van der Waals surface area contributed by atoms with Crippen molar-refractivity contribution in [3.63, 3.8) is 0 Å². The van der Waals surface area contributed by atoms with Gasteiger partial charge in [-0.05, 0) is 41.8 Å². The predicted molar refractivity (Wildman–Crippen MR) is 100 cm³/mol. The SMILES string of the molecule is CN(C)C(=O)CCc1cc(=O)oc2cc(OCc3cccc(F)c3)ccc12. The van der Waals surface area contributed by atoms with Crippen LogP contribution in [0.3, 0.4) is 0 Å². The van der Waals surface area contributed by atoms with E-state index in [9.17, 15) is 14.0 Å². The molecule has 0 fully saturated rings. The van der Waals surface area contributed by atoms with Crippen molar-refractivity contribution in [3.8, 4) is 5.75 Å². The summed E-state index contributed by atoms with van der Waals surface area (Å²) in [5.41, 5.74) is 1.38. The lowest BCUT2D eigenvalue weighted by Gasteiger charge is -2.11. The zero-order valence-corrected chi connectivity index (χ0v) is 15.2. The summed E-state index contributed by atoms with van der Waals surface area (Å²) in [6.45, 7) is 0.199. The van der Waals surface area contributed by atoms with Gasteiger partial charge in [0.15, 0.2) is 0 Å². The van der Waals surface area contributed by atoms with E-state index >= 15 is 0 Å². The average molecular weight is 369 g/mol. The zero-order valence-electron chi connectivity index (χ0n) is 15.2. The molecule has 2 aromatic carbocycles. The number of halogens is 1. The fourth-order valence-corrected chi connectivity index (χ4v) is 2.77. The standard InChI is InChI=1S/C21H20FNO4/c1-23(2)20(24)9-6-15-11-21(25)27-19-12-17(7-8-18(15)19)26-13-14-4-3-5-16(22)10-14/h3-5,7-8,10-12H,6,9,13H2,1-2H3. The van der Waals surface area contributed by atoms with Crippen LogP contribution in [-0.4, -0.2) is 24.9 Å². The Labute approximate surface area is 156 Å². The first-order chi connectivity index (χ1) is 12.9. The molecular weight excluding hydrogens is 349 g/mol. The maximum absolute atomic E-state index is 13.2. The fourth-order valence-electron chi connectivity index (χ4n) is 2.77. The minimum Gasteiger partial charge on any atom is -0.489 e. The molecule has 0 N–H and O–H groups in total. The minimum atomic E-state index is -0.475. The second-order valence-electron chi connectivity index (χ2n) is 6.46. The van der Waals surface area contributed by atoms with E-state index in [2.05, 4.69) is 0 Å². The fraction of sp³-hybridized carbons (Fsp3) is 0.238. The van der Waals surface area contributed by atoms with Crippen LogP contribution in [0.25, 0.3) is 11.0 Å². The quantitative estimate of drug-likeness (QED) is 0.624. The van der Waals surface area contributed by atoms with Crippen molar-refractivity contribution in [1.29, 1.82) is 0 Å². The van der Waals surface area contributed by atoms with Crippen LogP contribution in [0.1, 0.15) is 17.5 Å². The first-order valence-electron chi connectivity index (χ1n) is 8.56. The smallest absolute Gasteiger partial charge is 0.336 e. The summed E-state index contributed by atoms with van der Waals surface area (Å²) >= 11 is 0. The lowest BCUT2D eigenvalue weighted by Crippen LogP contribution is -2.22. The highest BCUT2D eigenvalue weighted by Crippen LogP contribution is 2.24. The second kappa shape index (κ2) is 8.03. The van der Waals surface area contributed by atoms with Gasteiger partial charge in [-0.25, -0.2) is 9.18 Å². The Morgan fingerprint density at radius 3 is 2.70 bits per heavy atom. The van der Waals surface area contributed by atoms with Gasteiger partial charge >= 0.3 is 5.63 Å². The van der Waals surface area contributed by atoms with Crippen LogP contribution >= 0.6 is 0 Å². The van der Waals surface area contributed by atoms with Gasteiger partial charge in [-0.1, -0.05) is 12.1 Å². The van der Waals surface area contributed by atoms with E-state index in [0.29, 0.717) is 29.7 Å². The van der Waals surface area contributed by atoms with E-state index in [4.69, 9.17) is 9.15 Å². The van der Waals surface area contributed by atoms with Gasteiger partial charge < -0.3 is 14.1 Å². The van der Waals surface area contributed by atoms with Crippen molar-refractivity contribution >= 4 is 16.9 Å². The van der Waals surface area contributed by atoms with Gasteiger partial charge in [-0.2, -0.15) is 0 Å². The Kier molecular flexibility index (Phi) is 5.54. The van der Waals surface area contributed by atoms with Crippen molar-refractivity contribution in [2.24, 2.45) is 0 Å². The molecule has 27 heavy (non-hydrogen) atoms. The number of benzene rings is 2. The third-order valence-corrected chi connectivity index (χ3v) is 4.20. The Balaban J connectivity index is 1.80. The highest BCUT2D eigenvalue weighted by molar-refractivity contribution is 5.82. The maximum atomic E-state index is 13.2. The molecule has 0 aliphatic rings. The van der Waals surface area contributed by atoms with Crippen LogP contribution in [0.4, 0.5) is 4.39 Å². The number of nitrogens with zero attached hydrogens (tertiary/aromatic N) is 1. The molecule has 0 spiro atoms. The van der Waals surface area contributed by atoms with Gasteiger partial charge in [0.2, 0.25) is 5.91 Å². The molecule has 0 atom stereocenters. The van der Waals surface area contributed by atoms with Crippen LogP contribution in [0.2, 0.25) is 0 Å². The van der Waals surface area contributed by atoms with Gasteiger partial charge in [0, 0.05) is 38.0 Å². The molecule has 0 saturated heterocycles. The van der Waals surface area contributed by atoms with Crippen molar-refractivity contribution in [2.75, 3.05) is 14.1 Å². The lowest BCUT2D eigenvalue weighted by molar-refractivity contribution is -0.128. The molecule has 3 rings (SSSR count). The summed E-state index contributed by atoms with van der Waals surface area (Å²) in [4.78, 5) is 25.2. The third kappa shape index (κ3) is 4.73. The first-order valence-corrected chi connectivity index (χ1v) is 8.56. The molecule has 1 aromatic heterocycles. The van der Waals surface area contributed by atoms with Gasteiger partial charge in [0.1, 0.15) is 23.8 Å². The van der Waals surface area contributed by atoms with Crippen molar-refractivity contribution in [1.82, 2.24) is 4.90 Å². The molecule has 3 aromatic rings. The highest BCUT2D eigenvalue weighted by Gasteiger charge is 2.10. The van der Waals surface area contributed by atoms with E-state index in [1.165, 1.54) is 23.1 Å². The number of hydrogen-bond acceptors (Lipinski definition) is 4. The largest absolute Gasteiger partial charge is 0.489 e. The molecule has 0 bridgehead atoms. The number of aryl methyl sites for hydroxylation is 1. The molecule has 1 amide bonds. The number of rotatable bonds is 6. The monoisotopic (exact) mass is 369 g/mol. The number of ether oxygens (including phenoxy) is 1. The van der Waals surface area contributed by atoms with Crippen molar-refractivity contribution in [2.45, 2.75) is 19.4 Å². The molecule has 0 aliphatic carbocycles. The van der Waals surface area contributed by atoms with E-state index in [1.807, 2.05) is 0 Å². The molecule has 0 saturated carbocycles. The number of carbonyl (C=O) groups is 1. The minimum absolute atomic E-state index is 0.00793. The lowest BCUT2D eigenvalue weighted by atomic mass is 10.0. The molecule has 6 heteroatoms. The van der Waals surface area contributed by atoms with Gasteiger partial charge in [-0.15, -0.1) is 0 Å². The summed E-state index contributed by atoms with van der Waals surface area (Å²) < 4.78 is 24.2. The predicted octanol–water partition coefficient (Wildman–Crippen LogP) is 3.53. The summed E-state index contributed by atoms with van der Waals surface area (Å²) in [7, 11) is 3.39. The number of hydrogen-bond donors (Lipinski definition) is 0. The molecule has 0 unspecified atom stereocenters. The Morgan fingerprint density at radius 2 is 1.96 bits per heavy atom. The maximum Gasteiger partial charge on any atom is 0.336 e. The first kappa shape index (κ1) is 18.6. The van der Waals surface area contributed by atoms with Crippen molar-refractivity contribution in [3.05, 3.63) is 75.9 Å². The average Bonchev–Trinajstić information content (AvgIpc) is 2.63. The number of carbonyl (C=O) groups excluding carboxylic acids is 1. The summed E-state index contributed by atoms with van der Waals surface area (Å²) in [5.74, 6) is 0.181. The van der Waals surface area contributed by atoms with Crippen LogP contribution in [-0.2, 0) is 17.8 Å². The van der Waals surface area contributed by atoms with Gasteiger partial charge in [-0.3, -0.25) is 4.79 Å². The van der Waals surface area contributed by atoms with E-state index < -0.39 is 5.63 Å². The highest BCUT2D eigenvalue weighted by atomic mass is 19.1. The third-order valence-electron chi connectivity index (χ3n) is 4.20. The zero-order chi connectivity index (χ0) is 19.4. The van der Waals surface area contributed by atoms with E-state index in [-0.39, 0.29) is 18.3 Å². The molecule has 1 heterocycles. The van der Waals surface area contributed by atoms with E-state index in [0.717, 1.165) is 10.9 Å². The molecular formula is C21H20FNO4. The molecule has 0 aliphatic heterocycles. The summed E-state index contributed by atoms with van der Waals surface area (Å²) in [5, 5.41) is 0.763. The van der Waals surface area contributed by atoms with Gasteiger partial charge in [0.05, 0.1) is 0 Å². The topological polar surface area (TPSA) is 59.8 Å². The normalized spacial score (nSPS) is 10.8. The molecule has 0 radical (unpaired) electrons. The van der Waals surface area contributed by atoms with Gasteiger partial charge in [0.25, 0.3) is 0 Å². The Bertz CT molecular complexity index is 1030. The number of fused-ring (bicyclic) bond motifs is 1.